The van der Waals surface area contributed by atoms with Crippen molar-refractivity contribution in [3.05, 3.63) is 57.9 Å². The Morgan fingerprint density at radius 1 is 1.35 bits per heavy atom. The number of para-hydroxylation sites is 1. The SMILES string of the molecule is Cc1ccc(Oc2cccc(C(=O)O)c2[N+](=O)[O-])cn1. The Balaban J connectivity index is 2.46. The van der Waals surface area contributed by atoms with Gasteiger partial charge in [-0.15, -0.1) is 0 Å². The van der Waals surface area contributed by atoms with Gasteiger partial charge in [-0.1, -0.05) is 6.07 Å². The van der Waals surface area contributed by atoms with Gasteiger partial charge in [0.1, 0.15) is 11.3 Å². The minimum atomic E-state index is -1.39. The number of nitro groups is 1. The summed E-state index contributed by atoms with van der Waals surface area (Å²) in [5, 5.41) is 20.0. The van der Waals surface area contributed by atoms with Crippen LogP contribution >= 0.6 is 0 Å². The number of hydrogen-bond donors (Lipinski definition) is 1. The van der Waals surface area contributed by atoms with Gasteiger partial charge in [-0.2, -0.15) is 0 Å². The van der Waals surface area contributed by atoms with E-state index in [2.05, 4.69) is 4.98 Å². The third kappa shape index (κ3) is 2.72. The minimum Gasteiger partial charge on any atom is -0.477 e. The van der Waals surface area contributed by atoms with Crippen LogP contribution in [0.15, 0.2) is 36.5 Å². The highest BCUT2D eigenvalue weighted by atomic mass is 16.6. The Bertz CT molecular complexity index is 667. The van der Waals surface area contributed by atoms with E-state index in [1.54, 1.807) is 19.1 Å². The third-order valence-electron chi connectivity index (χ3n) is 2.52. The fourth-order valence-electron chi connectivity index (χ4n) is 1.61. The number of pyridine rings is 1. The van der Waals surface area contributed by atoms with Crippen LogP contribution in [0.3, 0.4) is 0 Å². The number of aromatic nitrogens is 1. The van der Waals surface area contributed by atoms with Gasteiger partial charge in [-0.3, -0.25) is 15.1 Å². The summed E-state index contributed by atoms with van der Waals surface area (Å²) >= 11 is 0. The molecule has 7 heteroatoms. The maximum absolute atomic E-state index is 11.0. The molecule has 0 radical (unpaired) electrons. The first kappa shape index (κ1) is 13.5. The van der Waals surface area contributed by atoms with Gasteiger partial charge >= 0.3 is 11.7 Å². The number of aromatic carboxylic acids is 1. The Kier molecular flexibility index (Phi) is 3.60. The van der Waals surface area contributed by atoms with E-state index < -0.39 is 22.1 Å². The van der Waals surface area contributed by atoms with E-state index in [1.165, 1.54) is 18.3 Å². The summed E-state index contributed by atoms with van der Waals surface area (Å²) in [5.74, 6) is -1.23. The third-order valence-corrected chi connectivity index (χ3v) is 2.52. The maximum atomic E-state index is 11.0. The van der Waals surface area contributed by atoms with Crippen LogP contribution in [0.1, 0.15) is 16.1 Å². The number of carbonyl (C=O) groups is 1. The molecule has 0 aliphatic carbocycles. The molecule has 0 spiro atoms. The zero-order valence-electron chi connectivity index (χ0n) is 10.4. The predicted octanol–water partition coefficient (Wildman–Crippen LogP) is 2.79. The molecule has 1 N–H and O–H groups in total. The van der Waals surface area contributed by atoms with Gasteiger partial charge in [0.05, 0.1) is 11.1 Å². The molecule has 1 aromatic heterocycles. The molecule has 1 aromatic carbocycles. The van der Waals surface area contributed by atoms with Crippen LogP contribution in [-0.2, 0) is 0 Å². The molecule has 1 heterocycles. The molecular weight excluding hydrogens is 264 g/mol. The highest BCUT2D eigenvalue weighted by molar-refractivity contribution is 5.93. The monoisotopic (exact) mass is 274 g/mol. The quantitative estimate of drug-likeness (QED) is 0.679. The second-order valence-corrected chi connectivity index (χ2v) is 3.95. The molecule has 0 unspecified atom stereocenters. The summed E-state index contributed by atoms with van der Waals surface area (Å²) in [6.45, 7) is 1.79. The molecular formula is C13H10N2O5. The van der Waals surface area contributed by atoms with Crippen molar-refractivity contribution in [2.75, 3.05) is 0 Å². The zero-order valence-corrected chi connectivity index (χ0v) is 10.4. The second kappa shape index (κ2) is 5.35. The Morgan fingerprint density at radius 2 is 2.10 bits per heavy atom. The smallest absolute Gasteiger partial charge is 0.342 e. The Labute approximate surface area is 113 Å². The lowest BCUT2D eigenvalue weighted by molar-refractivity contribution is -0.386. The van der Waals surface area contributed by atoms with Crippen molar-refractivity contribution in [2.24, 2.45) is 0 Å². The van der Waals surface area contributed by atoms with Gasteiger partial charge in [0.15, 0.2) is 0 Å². The summed E-state index contributed by atoms with van der Waals surface area (Å²) in [5.41, 5.74) is -0.237. The largest absolute Gasteiger partial charge is 0.477 e. The molecule has 7 nitrogen and oxygen atoms in total. The van der Waals surface area contributed by atoms with Crippen molar-refractivity contribution in [1.82, 2.24) is 4.98 Å². The molecule has 2 aromatic rings. The first-order valence-electron chi connectivity index (χ1n) is 5.60. The Morgan fingerprint density at radius 3 is 2.65 bits per heavy atom. The van der Waals surface area contributed by atoms with Crippen molar-refractivity contribution in [2.45, 2.75) is 6.92 Å². The first-order valence-corrected chi connectivity index (χ1v) is 5.60. The van der Waals surface area contributed by atoms with Crippen molar-refractivity contribution in [3.8, 4) is 11.5 Å². The molecule has 0 bridgehead atoms. The van der Waals surface area contributed by atoms with Gasteiger partial charge in [-0.25, -0.2) is 4.79 Å². The predicted molar refractivity (Wildman–Crippen MR) is 69.1 cm³/mol. The van der Waals surface area contributed by atoms with Gasteiger partial charge in [0, 0.05) is 5.69 Å². The summed E-state index contributed by atoms with van der Waals surface area (Å²) in [6, 6.07) is 7.15. The van der Waals surface area contributed by atoms with Crippen LogP contribution in [-0.4, -0.2) is 21.0 Å². The van der Waals surface area contributed by atoms with Crippen LogP contribution in [0.4, 0.5) is 5.69 Å². The van der Waals surface area contributed by atoms with E-state index in [1.807, 2.05) is 0 Å². The summed E-state index contributed by atoms with van der Waals surface area (Å²) in [6.07, 6.45) is 1.41. The lowest BCUT2D eigenvalue weighted by atomic mass is 10.1. The average Bonchev–Trinajstić information content (AvgIpc) is 2.40. The molecule has 20 heavy (non-hydrogen) atoms. The molecule has 102 valence electrons. The number of rotatable bonds is 4. The summed E-state index contributed by atoms with van der Waals surface area (Å²) < 4.78 is 5.35. The van der Waals surface area contributed by atoms with Crippen LogP contribution < -0.4 is 4.74 Å². The maximum Gasteiger partial charge on any atom is 0.342 e. The van der Waals surface area contributed by atoms with Gasteiger partial charge < -0.3 is 9.84 Å². The Hall–Kier alpha value is -2.96. The van der Waals surface area contributed by atoms with Crippen LogP contribution in [0.2, 0.25) is 0 Å². The molecule has 0 amide bonds. The van der Waals surface area contributed by atoms with E-state index in [4.69, 9.17) is 9.84 Å². The van der Waals surface area contributed by atoms with Crippen LogP contribution in [0.5, 0.6) is 11.5 Å². The molecule has 0 fully saturated rings. The van der Waals surface area contributed by atoms with E-state index in [-0.39, 0.29) is 5.75 Å². The van der Waals surface area contributed by atoms with Gasteiger partial charge in [0.25, 0.3) is 0 Å². The van der Waals surface area contributed by atoms with Gasteiger partial charge in [-0.05, 0) is 31.2 Å². The highest BCUT2D eigenvalue weighted by Gasteiger charge is 2.25. The number of carboxylic acid groups (broad SMARTS) is 1. The van der Waals surface area contributed by atoms with Crippen molar-refractivity contribution in [1.29, 1.82) is 0 Å². The number of benzene rings is 1. The van der Waals surface area contributed by atoms with Crippen LogP contribution in [0, 0.1) is 17.0 Å². The van der Waals surface area contributed by atoms with Crippen molar-refractivity contribution < 1.29 is 19.6 Å². The normalized spacial score (nSPS) is 10.1. The van der Waals surface area contributed by atoms with Crippen molar-refractivity contribution >= 4 is 11.7 Å². The zero-order chi connectivity index (χ0) is 14.7. The van der Waals surface area contributed by atoms with E-state index in [9.17, 15) is 14.9 Å². The minimum absolute atomic E-state index is 0.138. The second-order valence-electron chi connectivity index (χ2n) is 3.95. The van der Waals surface area contributed by atoms with Gasteiger partial charge in [0.2, 0.25) is 5.75 Å². The van der Waals surface area contributed by atoms with Crippen LogP contribution in [0.25, 0.3) is 0 Å². The number of nitro benzene ring substituents is 1. The number of ether oxygens (including phenoxy) is 1. The van der Waals surface area contributed by atoms with Crippen molar-refractivity contribution in [3.63, 3.8) is 0 Å². The summed E-state index contributed by atoms with van der Waals surface area (Å²) in [7, 11) is 0. The molecule has 0 aliphatic rings. The number of carboxylic acids is 1. The fourth-order valence-corrected chi connectivity index (χ4v) is 1.61. The molecule has 2 rings (SSSR count). The first-order chi connectivity index (χ1) is 9.49. The number of aryl methyl sites for hydroxylation is 1. The molecule has 0 atom stereocenters. The summed E-state index contributed by atoms with van der Waals surface area (Å²) in [4.78, 5) is 25.3. The molecule has 0 aliphatic heterocycles. The van der Waals surface area contributed by atoms with E-state index in [0.29, 0.717) is 5.75 Å². The van der Waals surface area contributed by atoms with E-state index in [0.717, 1.165) is 11.8 Å². The topological polar surface area (TPSA) is 103 Å². The average molecular weight is 274 g/mol. The molecule has 0 saturated carbocycles. The lowest BCUT2D eigenvalue weighted by Crippen LogP contribution is -2.04. The standard InChI is InChI=1S/C13H10N2O5/c1-8-5-6-9(7-14-8)20-11-4-2-3-10(13(16)17)12(11)15(18)19/h2-7H,1H3,(H,16,17). The fraction of sp³-hybridized carbons (Fsp3) is 0.0769. The lowest BCUT2D eigenvalue weighted by Gasteiger charge is -2.07. The molecule has 0 saturated heterocycles. The van der Waals surface area contributed by atoms with E-state index >= 15 is 0 Å². The number of hydrogen-bond acceptors (Lipinski definition) is 5. The highest BCUT2D eigenvalue weighted by Crippen LogP contribution is 2.34. The number of nitrogens with zero attached hydrogens (tertiary/aromatic N) is 2.